The highest BCUT2D eigenvalue weighted by Crippen LogP contribution is 2.32. The van der Waals surface area contributed by atoms with Crippen LogP contribution in [0.4, 0.5) is 17.6 Å². The third kappa shape index (κ3) is 4.74. The molecule has 0 unspecified atom stereocenters. The van der Waals surface area contributed by atoms with E-state index < -0.39 is 17.6 Å². The average molecular weight is 356 g/mol. The first-order valence-electron chi connectivity index (χ1n) is 7.60. The number of guanidine groups is 1. The molecule has 1 heterocycles. The third-order valence-electron chi connectivity index (χ3n) is 3.84. The third-order valence-corrected chi connectivity index (χ3v) is 3.84. The van der Waals surface area contributed by atoms with Crippen molar-refractivity contribution in [2.24, 2.45) is 12.0 Å². The first kappa shape index (κ1) is 18.8. The summed E-state index contributed by atoms with van der Waals surface area (Å²) in [6.45, 7) is 0.429. The van der Waals surface area contributed by atoms with Gasteiger partial charge in [-0.1, -0.05) is 6.07 Å². The Morgan fingerprint density at radius 1 is 1.28 bits per heavy atom. The van der Waals surface area contributed by atoms with Crippen molar-refractivity contribution in [3.63, 3.8) is 0 Å². The fraction of sp³-hybridized carbons (Fsp3) is 0.353. The summed E-state index contributed by atoms with van der Waals surface area (Å²) in [6.07, 6.45) is -2.70. The molecule has 1 N–H and O–H groups in total. The molecule has 0 spiro atoms. The highest BCUT2D eigenvalue weighted by molar-refractivity contribution is 5.79. The zero-order valence-corrected chi connectivity index (χ0v) is 14.2. The molecule has 8 heteroatoms. The number of halogens is 4. The van der Waals surface area contributed by atoms with Gasteiger partial charge in [0.15, 0.2) is 5.96 Å². The van der Waals surface area contributed by atoms with E-state index in [-0.39, 0.29) is 12.1 Å². The molecule has 0 saturated heterocycles. The normalized spacial score (nSPS) is 12.4. The molecule has 0 radical (unpaired) electrons. The second kappa shape index (κ2) is 7.58. The van der Waals surface area contributed by atoms with E-state index in [1.54, 1.807) is 19.0 Å². The quantitative estimate of drug-likeness (QED) is 0.517. The molecule has 136 valence electrons. The van der Waals surface area contributed by atoms with Gasteiger partial charge in [0.05, 0.1) is 12.1 Å². The number of aromatic nitrogens is 1. The van der Waals surface area contributed by atoms with Gasteiger partial charge in [0.25, 0.3) is 0 Å². The van der Waals surface area contributed by atoms with Crippen LogP contribution < -0.4 is 5.32 Å². The van der Waals surface area contributed by atoms with Gasteiger partial charge in [-0.3, -0.25) is 4.99 Å². The van der Waals surface area contributed by atoms with Crippen LogP contribution in [0.3, 0.4) is 0 Å². The number of benzene rings is 1. The monoisotopic (exact) mass is 356 g/mol. The lowest BCUT2D eigenvalue weighted by molar-refractivity contribution is -0.138. The number of hydrogen-bond donors (Lipinski definition) is 1. The average Bonchev–Trinajstić information content (AvgIpc) is 2.93. The summed E-state index contributed by atoms with van der Waals surface area (Å²) in [5, 5.41) is 2.89. The predicted octanol–water partition coefficient (Wildman–Crippen LogP) is 3.39. The summed E-state index contributed by atoms with van der Waals surface area (Å²) in [5.74, 6) is -0.472. The van der Waals surface area contributed by atoms with Gasteiger partial charge in [-0.2, -0.15) is 13.2 Å². The molecule has 0 atom stereocenters. The second-order valence-electron chi connectivity index (χ2n) is 5.67. The van der Waals surface area contributed by atoms with Gasteiger partial charge >= 0.3 is 6.18 Å². The Hall–Kier alpha value is -2.51. The summed E-state index contributed by atoms with van der Waals surface area (Å²) in [6, 6.07) is 6.52. The molecule has 0 aliphatic carbocycles. The maximum absolute atomic E-state index is 13.2. The number of aryl methyl sites for hydroxylation is 1. The SMILES string of the molecule is CN=C(NCc1ccc(F)cc1C(F)(F)F)N(C)Cc1cccn1C. The van der Waals surface area contributed by atoms with Crippen molar-refractivity contribution in [2.45, 2.75) is 19.3 Å². The van der Waals surface area contributed by atoms with Gasteiger partial charge in [-0.25, -0.2) is 4.39 Å². The Labute approximate surface area is 143 Å². The van der Waals surface area contributed by atoms with Crippen molar-refractivity contribution in [2.75, 3.05) is 14.1 Å². The number of rotatable bonds is 4. The van der Waals surface area contributed by atoms with Crippen LogP contribution in [0.15, 0.2) is 41.5 Å². The molecule has 0 amide bonds. The Kier molecular flexibility index (Phi) is 5.71. The molecule has 0 fully saturated rings. The number of hydrogen-bond acceptors (Lipinski definition) is 1. The van der Waals surface area contributed by atoms with Crippen LogP contribution in [0.1, 0.15) is 16.8 Å². The van der Waals surface area contributed by atoms with Crippen LogP contribution in [0.5, 0.6) is 0 Å². The van der Waals surface area contributed by atoms with Crippen molar-refractivity contribution < 1.29 is 17.6 Å². The van der Waals surface area contributed by atoms with Crippen molar-refractivity contribution >= 4 is 5.96 Å². The molecule has 2 rings (SSSR count). The molecular weight excluding hydrogens is 336 g/mol. The first-order valence-corrected chi connectivity index (χ1v) is 7.60. The Morgan fingerprint density at radius 2 is 2.00 bits per heavy atom. The standard InChI is InChI=1S/C17H20F4N4/c1-22-16(25(3)11-14-5-4-8-24(14)2)23-10-12-6-7-13(18)9-15(12)17(19,20)21/h4-9H,10-11H2,1-3H3,(H,22,23). The maximum atomic E-state index is 13.2. The molecule has 1 aromatic carbocycles. The van der Waals surface area contributed by atoms with Crippen LogP contribution in [0.25, 0.3) is 0 Å². The van der Waals surface area contributed by atoms with E-state index in [1.807, 2.05) is 29.9 Å². The zero-order valence-electron chi connectivity index (χ0n) is 14.2. The van der Waals surface area contributed by atoms with Gasteiger partial charge in [0.2, 0.25) is 0 Å². The summed E-state index contributed by atoms with van der Waals surface area (Å²) < 4.78 is 54.3. The van der Waals surface area contributed by atoms with E-state index >= 15 is 0 Å². The Morgan fingerprint density at radius 3 is 2.56 bits per heavy atom. The van der Waals surface area contributed by atoms with E-state index in [0.29, 0.717) is 18.6 Å². The minimum absolute atomic E-state index is 0.0395. The van der Waals surface area contributed by atoms with Crippen molar-refractivity contribution in [3.05, 3.63) is 59.2 Å². The lowest BCUT2D eigenvalue weighted by Gasteiger charge is -2.23. The molecule has 0 saturated carbocycles. The highest BCUT2D eigenvalue weighted by Gasteiger charge is 2.33. The van der Waals surface area contributed by atoms with E-state index in [1.165, 1.54) is 0 Å². The fourth-order valence-corrected chi connectivity index (χ4v) is 2.50. The Balaban J connectivity index is 2.10. The second-order valence-corrected chi connectivity index (χ2v) is 5.67. The zero-order chi connectivity index (χ0) is 18.6. The fourth-order valence-electron chi connectivity index (χ4n) is 2.50. The number of alkyl halides is 3. The molecule has 4 nitrogen and oxygen atoms in total. The minimum Gasteiger partial charge on any atom is -0.353 e. The lowest BCUT2D eigenvalue weighted by atomic mass is 10.1. The first-order chi connectivity index (χ1) is 11.7. The van der Waals surface area contributed by atoms with Crippen LogP contribution in [0.2, 0.25) is 0 Å². The minimum atomic E-state index is -4.61. The van der Waals surface area contributed by atoms with Gasteiger partial charge in [-0.05, 0) is 29.8 Å². The molecule has 25 heavy (non-hydrogen) atoms. The van der Waals surface area contributed by atoms with Crippen molar-refractivity contribution in [1.29, 1.82) is 0 Å². The van der Waals surface area contributed by atoms with E-state index in [0.717, 1.165) is 17.8 Å². The van der Waals surface area contributed by atoms with Gasteiger partial charge in [-0.15, -0.1) is 0 Å². The van der Waals surface area contributed by atoms with Crippen LogP contribution >= 0.6 is 0 Å². The smallest absolute Gasteiger partial charge is 0.353 e. The molecule has 2 aromatic rings. The van der Waals surface area contributed by atoms with E-state index in [9.17, 15) is 17.6 Å². The van der Waals surface area contributed by atoms with Gasteiger partial charge < -0.3 is 14.8 Å². The van der Waals surface area contributed by atoms with Crippen molar-refractivity contribution in [3.8, 4) is 0 Å². The summed E-state index contributed by atoms with van der Waals surface area (Å²) in [5.41, 5.74) is 0.00562. The van der Waals surface area contributed by atoms with Gasteiger partial charge in [0.1, 0.15) is 5.82 Å². The van der Waals surface area contributed by atoms with Gasteiger partial charge in [0, 0.05) is 39.6 Å². The number of nitrogens with one attached hydrogen (secondary N) is 1. The number of aliphatic imine (C=N–C) groups is 1. The summed E-state index contributed by atoms with van der Waals surface area (Å²) in [4.78, 5) is 5.89. The Bertz CT molecular complexity index is 749. The van der Waals surface area contributed by atoms with Crippen molar-refractivity contribution in [1.82, 2.24) is 14.8 Å². The van der Waals surface area contributed by atoms with E-state index in [2.05, 4.69) is 10.3 Å². The van der Waals surface area contributed by atoms with Crippen LogP contribution in [-0.4, -0.2) is 29.5 Å². The van der Waals surface area contributed by atoms with Crippen LogP contribution in [-0.2, 0) is 26.3 Å². The maximum Gasteiger partial charge on any atom is 0.416 e. The van der Waals surface area contributed by atoms with E-state index in [4.69, 9.17) is 0 Å². The lowest BCUT2D eigenvalue weighted by Crippen LogP contribution is -2.38. The van der Waals surface area contributed by atoms with Crippen LogP contribution in [0, 0.1) is 5.82 Å². The topological polar surface area (TPSA) is 32.6 Å². The molecule has 0 bridgehead atoms. The molecule has 0 aliphatic heterocycles. The highest BCUT2D eigenvalue weighted by atomic mass is 19.4. The molecule has 0 aliphatic rings. The summed E-state index contributed by atoms with van der Waals surface area (Å²) in [7, 11) is 5.25. The molecule has 1 aromatic heterocycles. The number of nitrogens with zero attached hydrogens (tertiary/aromatic N) is 3. The molecular formula is C17H20F4N4. The summed E-state index contributed by atoms with van der Waals surface area (Å²) >= 11 is 0. The largest absolute Gasteiger partial charge is 0.416 e. The predicted molar refractivity (Wildman–Crippen MR) is 88.5 cm³/mol.